The van der Waals surface area contributed by atoms with Gasteiger partial charge >= 0.3 is 0 Å². The molecule has 2 aromatic carbocycles. The number of thiocarbonyl (C=S) groups is 1. The van der Waals surface area contributed by atoms with Gasteiger partial charge in [-0.2, -0.15) is 0 Å². The molecule has 0 saturated heterocycles. The first kappa shape index (κ1) is 17.3. The van der Waals surface area contributed by atoms with Gasteiger partial charge in [-0.15, -0.1) is 0 Å². The van der Waals surface area contributed by atoms with Crippen molar-refractivity contribution in [2.45, 2.75) is 39.3 Å². The molecule has 0 saturated carbocycles. The van der Waals surface area contributed by atoms with Crippen LogP contribution >= 0.6 is 12.2 Å². The fraction of sp³-hybridized carbons (Fsp3) is 0.316. The summed E-state index contributed by atoms with van der Waals surface area (Å²) in [5.74, 6) is 0.836. The molecule has 23 heavy (non-hydrogen) atoms. The summed E-state index contributed by atoms with van der Waals surface area (Å²) in [6.07, 6.45) is 1.11. The minimum atomic E-state index is 0.151. The van der Waals surface area contributed by atoms with Crippen molar-refractivity contribution in [3.05, 3.63) is 60.2 Å². The van der Waals surface area contributed by atoms with Crippen LogP contribution in [0.4, 0.5) is 5.69 Å². The Balaban J connectivity index is 1.98. The molecule has 0 aliphatic carbocycles. The Morgan fingerprint density at radius 3 is 2.48 bits per heavy atom. The van der Waals surface area contributed by atoms with Crippen molar-refractivity contribution < 1.29 is 4.74 Å². The molecular weight excluding hydrogens is 304 g/mol. The summed E-state index contributed by atoms with van der Waals surface area (Å²) in [7, 11) is 0. The molecule has 2 N–H and O–H groups in total. The van der Waals surface area contributed by atoms with Gasteiger partial charge in [0, 0.05) is 11.8 Å². The van der Waals surface area contributed by atoms with Crippen molar-refractivity contribution in [3.8, 4) is 5.75 Å². The maximum Gasteiger partial charge on any atom is 0.171 e. The van der Waals surface area contributed by atoms with Gasteiger partial charge in [0.1, 0.15) is 5.75 Å². The average Bonchev–Trinajstić information content (AvgIpc) is 2.53. The predicted molar refractivity (Wildman–Crippen MR) is 101 cm³/mol. The van der Waals surface area contributed by atoms with Crippen LogP contribution in [0.25, 0.3) is 0 Å². The van der Waals surface area contributed by atoms with Crippen LogP contribution < -0.4 is 15.4 Å². The van der Waals surface area contributed by atoms with Crippen LogP contribution in [0.15, 0.2) is 54.6 Å². The summed E-state index contributed by atoms with van der Waals surface area (Å²) in [6.45, 7) is 6.17. The van der Waals surface area contributed by atoms with Gasteiger partial charge in [0.2, 0.25) is 0 Å². The van der Waals surface area contributed by atoms with E-state index >= 15 is 0 Å². The summed E-state index contributed by atoms with van der Waals surface area (Å²) in [4.78, 5) is 0. The van der Waals surface area contributed by atoms with Crippen molar-refractivity contribution in [3.63, 3.8) is 0 Å². The molecule has 0 amide bonds. The number of anilines is 1. The summed E-state index contributed by atoms with van der Waals surface area (Å²) in [5, 5.41) is 7.21. The lowest BCUT2D eigenvalue weighted by Gasteiger charge is -2.20. The van der Waals surface area contributed by atoms with Crippen LogP contribution in [0.1, 0.15) is 38.8 Å². The zero-order valence-electron chi connectivity index (χ0n) is 13.9. The maximum absolute atomic E-state index is 5.70. The Hall–Kier alpha value is -2.07. The minimum absolute atomic E-state index is 0.151. The molecule has 0 aliphatic heterocycles. The van der Waals surface area contributed by atoms with Gasteiger partial charge in [0.25, 0.3) is 0 Å². The van der Waals surface area contributed by atoms with Crippen LogP contribution in [0, 0.1) is 0 Å². The van der Waals surface area contributed by atoms with Crippen LogP contribution in [0.3, 0.4) is 0 Å². The standard InChI is InChI=1S/C19H24N2OS/c1-4-18(15-9-6-5-7-10-15)21-19(23)20-16-11-8-12-17(13-16)22-14(2)3/h5-14,18H,4H2,1-3H3,(H2,20,21,23)/t18-/m1/s1. The number of hydrogen-bond donors (Lipinski definition) is 2. The summed E-state index contributed by atoms with van der Waals surface area (Å²) in [5.41, 5.74) is 2.15. The lowest BCUT2D eigenvalue weighted by molar-refractivity contribution is 0.242. The summed E-state index contributed by atoms with van der Waals surface area (Å²) < 4.78 is 5.70. The van der Waals surface area contributed by atoms with Crippen LogP contribution in [-0.4, -0.2) is 11.2 Å². The molecule has 2 rings (SSSR count). The van der Waals surface area contributed by atoms with Crippen molar-refractivity contribution in [2.75, 3.05) is 5.32 Å². The van der Waals surface area contributed by atoms with E-state index < -0.39 is 0 Å². The zero-order chi connectivity index (χ0) is 16.7. The first-order valence-electron chi connectivity index (χ1n) is 7.97. The van der Waals surface area contributed by atoms with Gasteiger partial charge in [0.05, 0.1) is 12.1 Å². The Morgan fingerprint density at radius 1 is 1.09 bits per heavy atom. The van der Waals surface area contributed by atoms with E-state index in [0.29, 0.717) is 5.11 Å². The van der Waals surface area contributed by atoms with Gasteiger partial charge in [-0.05, 0) is 50.2 Å². The van der Waals surface area contributed by atoms with E-state index in [2.05, 4.69) is 29.7 Å². The molecule has 0 aliphatic rings. The molecule has 0 spiro atoms. The van der Waals surface area contributed by atoms with Gasteiger partial charge in [-0.1, -0.05) is 43.3 Å². The lowest BCUT2D eigenvalue weighted by Crippen LogP contribution is -2.32. The molecule has 4 heteroatoms. The van der Waals surface area contributed by atoms with E-state index in [-0.39, 0.29) is 12.1 Å². The van der Waals surface area contributed by atoms with Gasteiger partial charge in [-0.3, -0.25) is 0 Å². The van der Waals surface area contributed by atoms with E-state index in [9.17, 15) is 0 Å². The highest BCUT2D eigenvalue weighted by Crippen LogP contribution is 2.20. The van der Waals surface area contributed by atoms with Gasteiger partial charge < -0.3 is 15.4 Å². The van der Waals surface area contributed by atoms with Crippen molar-refractivity contribution in [1.29, 1.82) is 0 Å². The third-order valence-corrected chi connectivity index (χ3v) is 3.60. The molecule has 1 atom stereocenters. The predicted octanol–water partition coefficient (Wildman–Crippen LogP) is 4.91. The maximum atomic E-state index is 5.70. The fourth-order valence-corrected chi connectivity index (χ4v) is 2.61. The largest absolute Gasteiger partial charge is 0.491 e. The monoisotopic (exact) mass is 328 g/mol. The molecule has 2 aromatic rings. The quantitative estimate of drug-likeness (QED) is 0.738. The van der Waals surface area contributed by atoms with E-state index in [1.807, 2.05) is 56.3 Å². The normalized spacial score (nSPS) is 11.8. The highest BCUT2D eigenvalue weighted by molar-refractivity contribution is 7.80. The number of nitrogens with one attached hydrogen (secondary N) is 2. The molecule has 122 valence electrons. The van der Waals surface area contributed by atoms with E-state index in [1.54, 1.807) is 0 Å². The second-order valence-corrected chi connectivity index (χ2v) is 6.07. The zero-order valence-corrected chi connectivity index (χ0v) is 14.7. The van der Waals surface area contributed by atoms with Crippen molar-refractivity contribution in [1.82, 2.24) is 5.32 Å². The van der Waals surface area contributed by atoms with Crippen LogP contribution in [-0.2, 0) is 0 Å². The van der Waals surface area contributed by atoms with E-state index in [4.69, 9.17) is 17.0 Å². The molecule has 0 fully saturated rings. The molecular formula is C19H24N2OS. The van der Waals surface area contributed by atoms with E-state index in [0.717, 1.165) is 17.9 Å². The fourth-order valence-electron chi connectivity index (χ4n) is 2.35. The lowest BCUT2D eigenvalue weighted by atomic mass is 10.1. The Kier molecular flexibility index (Phi) is 6.41. The Labute approximate surface area is 144 Å². The summed E-state index contributed by atoms with van der Waals surface area (Å²) in [6, 6.07) is 18.4. The summed E-state index contributed by atoms with van der Waals surface area (Å²) >= 11 is 5.45. The first-order chi connectivity index (χ1) is 11.1. The number of benzene rings is 2. The Morgan fingerprint density at radius 2 is 1.83 bits per heavy atom. The average molecular weight is 328 g/mol. The van der Waals surface area contributed by atoms with Crippen molar-refractivity contribution in [2.24, 2.45) is 0 Å². The number of hydrogen-bond acceptors (Lipinski definition) is 2. The highest BCUT2D eigenvalue weighted by atomic mass is 32.1. The third-order valence-electron chi connectivity index (χ3n) is 3.38. The SMILES string of the molecule is CC[C@@H](NC(=S)Nc1cccc(OC(C)C)c1)c1ccccc1. The van der Waals surface area contributed by atoms with Gasteiger partial charge in [-0.25, -0.2) is 0 Å². The molecule has 0 unspecified atom stereocenters. The molecule has 0 heterocycles. The highest BCUT2D eigenvalue weighted by Gasteiger charge is 2.10. The number of rotatable bonds is 6. The second-order valence-electron chi connectivity index (χ2n) is 5.66. The van der Waals surface area contributed by atoms with E-state index in [1.165, 1.54) is 5.56 Å². The van der Waals surface area contributed by atoms with Crippen LogP contribution in [0.2, 0.25) is 0 Å². The first-order valence-corrected chi connectivity index (χ1v) is 8.38. The van der Waals surface area contributed by atoms with Crippen molar-refractivity contribution >= 4 is 23.0 Å². The number of ether oxygens (including phenoxy) is 1. The molecule has 0 bridgehead atoms. The molecule has 0 radical (unpaired) electrons. The minimum Gasteiger partial charge on any atom is -0.491 e. The third kappa shape index (κ3) is 5.57. The Bertz CT molecular complexity index is 628. The second kappa shape index (κ2) is 8.53. The van der Waals surface area contributed by atoms with Crippen LogP contribution in [0.5, 0.6) is 5.75 Å². The smallest absolute Gasteiger partial charge is 0.171 e. The molecule has 3 nitrogen and oxygen atoms in total. The molecule has 0 aromatic heterocycles. The topological polar surface area (TPSA) is 33.3 Å². The van der Waals surface area contributed by atoms with Gasteiger partial charge in [0.15, 0.2) is 5.11 Å².